The van der Waals surface area contributed by atoms with E-state index in [1.807, 2.05) is 0 Å². The van der Waals surface area contributed by atoms with Gasteiger partial charge in [-0.2, -0.15) is 13.2 Å². The van der Waals surface area contributed by atoms with E-state index in [0.29, 0.717) is 5.69 Å². The maximum atomic E-state index is 13.1. The van der Waals surface area contributed by atoms with Gasteiger partial charge >= 0.3 is 6.18 Å². The van der Waals surface area contributed by atoms with E-state index in [9.17, 15) is 17.6 Å². The first kappa shape index (κ1) is 14.1. The summed E-state index contributed by atoms with van der Waals surface area (Å²) >= 11 is 0. The van der Waals surface area contributed by atoms with Crippen molar-refractivity contribution in [3.63, 3.8) is 0 Å². The van der Waals surface area contributed by atoms with Crippen molar-refractivity contribution in [3.8, 4) is 0 Å². The van der Waals surface area contributed by atoms with Crippen LogP contribution in [0.5, 0.6) is 0 Å². The summed E-state index contributed by atoms with van der Waals surface area (Å²) in [6, 6.07) is 9.73. The van der Waals surface area contributed by atoms with E-state index in [2.05, 4.69) is 0 Å². The molecule has 2 N–H and O–H groups in total. The fraction of sp³-hybridized carbons (Fsp3) is 0.0667. The van der Waals surface area contributed by atoms with Crippen LogP contribution in [0, 0.1) is 5.82 Å². The van der Waals surface area contributed by atoms with E-state index < -0.39 is 17.6 Å². The van der Waals surface area contributed by atoms with Gasteiger partial charge in [-0.3, -0.25) is 0 Å². The van der Waals surface area contributed by atoms with Gasteiger partial charge in [0.05, 0.1) is 5.56 Å². The first-order chi connectivity index (χ1) is 9.36. The average molecular weight is 281 g/mol. The maximum Gasteiger partial charge on any atom is 0.419 e. The van der Waals surface area contributed by atoms with E-state index >= 15 is 0 Å². The van der Waals surface area contributed by atoms with E-state index in [1.54, 1.807) is 30.3 Å². The Bertz CT molecular complexity index is 627. The van der Waals surface area contributed by atoms with Crippen molar-refractivity contribution in [1.29, 1.82) is 0 Å². The molecule has 0 saturated heterocycles. The van der Waals surface area contributed by atoms with E-state index in [0.717, 1.165) is 17.7 Å². The predicted octanol–water partition coefficient (Wildman–Crippen LogP) is 4.60. The first-order valence-electron chi connectivity index (χ1n) is 5.76. The minimum Gasteiger partial charge on any atom is -0.399 e. The quantitative estimate of drug-likeness (QED) is 0.486. The van der Waals surface area contributed by atoms with E-state index in [-0.39, 0.29) is 5.56 Å². The summed E-state index contributed by atoms with van der Waals surface area (Å²) in [5, 5.41) is 0. The Hall–Kier alpha value is -2.30. The fourth-order valence-corrected chi connectivity index (χ4v) is 1.66. The molecule has 0 radical (unpaired) electrons. The monoisotopic (exact) mass is 281 g/mol. The van der Waals surface area contributed by atoms with Gasteiger partial charge in [0.1, 0.15) is 5.82 Å². The molecule has 0 spiro atoms. The van der Waals surface area contributed by atoms with E-state index in [4.69, 9.17) is 5.73 Å². The number of hydrogen-bond donors (Lipinski definition) is 1. The molecule has 0 saturated carbocycles. The van der Waals surface area contributed by atoms with Crippen molar-refractivity contribution >= 4 is 17.8 Å². The molecule has 0 atom stereocenters. The van der Waals surface area contributed by atoms with E-state index in [1.165, 1.54) is 12.1 Å². The van der Waals surface area contributed by atoms with Gasteiger partial charge in [0.2, 0.25) is 0 Å². The molecule has 5 heteroatoms. The minimum absolute atomic E-state index is 0.274. The standard InChI is InChI=1S/C15H11F4N/c16-14-8-5-11(9-13(14)15(17,18)19)2-1-10-3-6-12(20)7-4-10/h1-9H,20H2/b2-1+. The highest BCUT2D eigenvalue weighted by atomic mass is 19.4. The lowest BCUT2D eigenvalue weighted by atomic mass is 10.1. The molecule has 2 aromatic rings. The number of anilines is 1. The molecule has 0 aliphatic heterocycles. The summed E-state index contributed by atoms with van der Waals surface area (Å²) in [5.74, 6) is -1.28. The van der Waals surface area contributed by atoms with Crippen molar-refractivity contribution in [2.45, 2.75) is 6.18 Å². The lowest BCUT2D eigenvalue weighted by Crippen LogP contribution is -2.08. The molecule has 104 valence electrons. The summed E-state index contributed by atoms with van der Waals surface area (Å²) in [4.78, 5) is 0. The van der Waals surface area contributed by atoms with Gasteiger partial charge in [-0.05, 0) is 35.4 Å². The van der Waals surface area contributed by atoms with Crippen LogP contribution in [0.2, 0.25) is 0 Å². The summed E-state index contributed by atoms with van der Waals surface area (Å²) in [7, 11) is 0. The lowest BCUT2D eigenvalue weighted by molar-refractivity contribution is -0.140. The van der Waals surface area contributed by atoms with Gasteiger partial charge in [-0.25, -0.2) is 4.39 Å². The van der Waals surface area contributed by atoms with Gasteiger partial charge in [0.15, 0.2) is 0 Å². The molecule has 0 amide bonds. The number of nitrogen functional groups attached to an aromatic ring is 1. The van der Waals surface area contributed by atoms with Crippen LogP contribution in [0.1, 0.15) is 16.7 Å². The number of hydrogen-bond acceptors (Lipinski definition) is 1. The molecule has 2 rings (SSSR count). The van der Waals surface area contributed by atoms with Crippen molar-refractivity contribution in [2.24, 2.45) is 0 Å². The number of rotatable bonds is 2. The summed E-state index contributed by atoms with van der Waals surface area (Å²) in [6.07, 6.45) is -1.58. The number of halogens is 4. The predicted molar refractivity (Wildman–Crippen MR) is 71.2 cm³/mol. The van der Waals surface area contributed by atoms with Crippen molar-refractivity contribution < 1.29 is 17.6 Å². The molecule has 0 aromatic heterocycles. The van der Waals surface area contributed by atoms with Gasteiger partial charge in [-0.15, -0.1) is 0 Å². The van der Waals surface area contributed by atoms with Gasteiger partial charge in [0, 0.05) is 5.69 Å². The molecule has 0 aliphatic carbocycles. The molecule has 2 aromatic carbocycles. The Labute approximate surface area is 113 Å². The number of alkyl halides is 3. The second kappa shape index (κ2) is 5.36. The molecular formula is C15H11F4N. The Morgan fingerprint density at radius 2 is 1.40 bits per heavy atom. The molecular weight excluding hydrogens is 270 g/mol. The molecule has 0 unspecified atom stereocenters. The Morgan fingerprint density at radius 3 is 2.00 bits per heavy atom. The lowest BCUT2D eigenvalue weighted by Gasteiger charge is -2.08. The minimum atomic E-state index is -4.70. The third-order valence-electron chi connectivity index (χ3n) is 2.70. The Morgan fingerprint density at radius 1 is 0.850 bits per heavy atom. The second-order valence-corrected chi connectivity index (χ2v) is 4.24. The fourth-order valence-electron chi connectivity index (χ4n) is 1.66. The highest BCUT2D eigenvalue weighted by Gasteiger charge is 2.33. The second-order valence-electron chi connectivity index (χ2n) is 4.24. The zero-order valence-electron chi connectivity index (χ0n) is 10.3. The van der Waals surface area contributed by atoms with Crippen LogP contribution in [0.25, 0.3) is 12.2 Å². The van der Waals surface area contributed by atoms with Crippen LogP contribution < -0.4 is 5.73 Å². The highest BCUT2D eigenvalue weighted by molar-refractivity contribution is 5.70. The molecule has 1 nitrogen and oxygen atoms in total. The van der Waals surface area contributed by atoms with Crippen LogP contribution in [-0.2, 0) is 6.18 Å². The molecule has 20 heavy (non-hydrogen) atoms. The third-order valence-corrected chi connectivity index (χ3v) is 2.70. The highest BCUT2D eigenvalue weighted by Crippen LogP contribution is 2.32. The zero-order chi connectivity index (χ0) is 14.8. The average Bonchev–Trinajstić information content (AvgIpc) is 2.38. The van der Waals surface area contributed by atoms with Crippen LogP contribution in [0.15, 0.2) is 42.5 Å². The Balaban J connectivity index is 2.28. The first-order valence-corrected chi connectivity index (χ1v) is 5.76. The summed E-state index contributed by atoms with van der Waals surface area (Å²) in [6.45, 7) is 0. The normalized spacial score (nSPS) is 12.0. The molecule has 0 aliphatic rings. The molecule has 0 fully saturated rings. The van der Waals surface area contributed by atoms with Crippen molar-refractivity contribution in [2.75, 3.05) is 5.73 Å². The SMILES string of the molecule is Nc1ccc(/C=C/c2ccc(F)c(C(F)(F)F)c2)cc1. The van der Waals surface area contributed by atoms with Crippen molar-refractivity contribution in [3.05, 3.63) is 65.0 Å². The third kappa shape index (κ3) is 3.38. The van der Waals surface area contributed by atoms with Gasteiger partial charge < -0.3 is 5.73 Å². The van der Waals surface area contributed by atoms with Crippen LogP contribution in [-0.4, -0.2) is 0 Å². The van der Waals surface area contributed by atoms with Gasteiger partial charge in [-0.1, -0.05) is 30.4 Å². The van der Waals surface area contributed by atoms with Gasteiger partial charge in [0.25, 0.3) is 0 Å². The Kier molecular flexibility index (Phi) is 3.79. The summed E-state index contributed by atoms with van der Waals surface area (Å²) in [5.41, 5.74) is 5.92. The van der Waals surface area contributed by atoms with Crippen molar-refractivity contribution in [1.82, 2.24) is 0 Å². The molecule has 0 heterocycles. The number of benzene rings is 2. The topological polar surface area (TPSA) is 26.0 Å². The zero-order valence-corrected chi connectivity index (χ0v) is 10.3. The van der Waals surface area contributed by atoms with Crippen LogP contribution in [0.3, 0.4) is 0 Å². The largest absolute Gasteiger partial charge is 0.419 e. The molecule has 0 bridgehead atoms. The number of nitrogens with two attached hydrogens (primary N) is 1. The smallest absolute Gasteiger partial charge is 0.399 e. The van der Waals surface area contributed by atoms with Crippen LogP contribution in [0.4, 0.5) is 23.2 Å². The summed E-state index contributed by atoms with van der Waals surface area (Å²) < 4.78 is 50.8. The maximum absolute atomic E-state index is 13.1. The van der Waals surface area contributed by atoms with Crippen LogP contribution >= 0.6 is 0 Å².